The van der Waals surface area contributed by atoms with Crippen molar-refractivity contribution in [1.29, 1.82) is 0 Å². The summed E-state index contributed by atoms with van der Waals surface area (Å²) < 4.78 is 0. The minimum Gasteiger partial charge on any atom is -0.393 e. The average Bonchev–Trinajstić information content (AvgIpc) is 3.12. The number of nitrogens with two attached hydrogens (primary N) is 1. The summed E-state index contributed by atoms with van der Waals surface area (Å²) in [6.07, 6.45) is 15.6. The van der Waals surface area contributed by atoms with Crippen molar-refractivity contribution in [3.05, 3.63) is 0 Å². The molecule has 4 aliphatic carbocycles. The smallest absolute Gasteiger partial charge is 0.0543 e. The van der Waals surface area contributed by atoms with Crippen LogP contribution in [0.4, 0.5) is 0 Å². The standard InChI is InChI=1S/C30H56N2O/c1-20(2)8-6-9-21(3)24-10-11-25-23-19-28(32-17-7-16-31)27-18-22(33)12-14-30(27,5)26(23)13-15-29(24,25)4/h20-28,32-33H,6-19,31H2,1-5H3. The van der Waals surface area contributed by atoms with E-state index in [1.165, 1.54) is 57.8 Å². The van der Waals surface area contributed by atoms with Gasteiger partial charge < -0.3 is 16.2 Å². The van der Waals surface area contributed by atoms with Crippen molar-refractivity contribution >= 4 is 0 Å². The summed E-state index contributed by atoms with van der Waals surface area (Å²) in [4.78, 5) is 0. The molecular weight excluding hydrogens is 404 g/mol. The highest BCUT2D eigenvalue weighted by Gasteiger charge is 2.62. The van der Waals surface area contributed by atoms with Gasteiger partial charge in [0.25, 0.3) is 0 Å². The van der Waals surface area contributed by atoms with E-state index in [0.29, 0.717) is 22.8 Å². The van der Waals surface area contributed by atoms with Crippen molar-refractivity contribution in [2.45, 2.75) is 124 Å². The highest BCUT2D eigenvalue weighted by atomic mass is 16.3. The number of aliphatic hydroxyl groups excluding tert-OH is 1. The highest BCUT2D eigenvalue weighted by Crippen LogP contribution is 2.68. The fraction of sp³-hybridized carbons (Fsp3) is 1.00. The zero-order valence-corrected chi connectivity index (χ0v) is 22.6. The highest BCUT2D eigenvalue weighted by molar-refractivity contribution is 5.12. The van der Waals surface area contributed by atoms with E-state index in [1.807, 2.05) is 0 Å². The minimum absolute atomic E-state index is 0.0881. The quantitative estimate of drug-likeness (QED) is 0.350. The van der Waals surface area contributed by atoms with Crippen molar-refractivity contribution in [1.82, 2.24) is 5.32 Å². The minimum atomic E-state index is -0.0881. The molecule has 0 aromatic carbocycles. The number of nitrogens with one attached hydrogen (secondary N) is 1. The van der Waals surface area contributed by atoms with Gasteiger partial charge >= 0.3 is 0 Å². The maximum absolute atomic E-state index is 10.6. The SMILES string of the molecule is CC(C)CCCC(C)C1CCC2C3CC(NCCCN)C4CC(O)CCC4(C)C3CCC12C. The van der Waals surface area contributed by atoms with E-state index in [1.54, 1.807) is 0 Å². The van der Waals surface area contributed by atoms with Crippen LogP contribution in [0.15, 0.2) is 0 Å². The first kappa shape index (κ1) is 26.0. The van der Waals surface area contributed by atoms with Crippen LogP contribution in [0.3, 0.4) is 0 Å². The molecular formula is C30H56N2O. The van der Waals surface area contributed by atoms with E-state index in [9.17, 15) is 5.11 Å². The Morgan fingerprint density at radius 2 is 1.61 bits per heavy atom. The van der Waals surface area contributed by atoms with Gasteiger partial charge in [0.2, 0.25) is 0 Å². The molecule has 0 radical (unpaired) electrons. The van der Waals surface area contributed by atoms with Crippen LogP contribution in [0.25, 0.3) is 0 Å². The predicted octanol–water partition coefficient (Wildman–Crippen LogP) is 6.39. The van der Waals surface area contributed by atoms with E-state index in [4.69, 9.17) is 5.73 Å². The second-order valence-electron chi connectivity index (χ2n) is 13.9. The van der Waals surface area contributed by atoms with Crippen molar-refractivity contribution in [2.24, 2.45) is 58.0 Å². The molecule has 0 heterocycles. The Balaban J connectivity index is 1.52. The molecule has 10 unspecified atom stereocenters. The normalized spacial score (nSPS) is 46.0. The van der Waals surface area contributed by atoms with Crippen molar-refractivity contribution in [2.75, 3.05) is 13.1 Å². The molecule has 4 aliphatic rings. The second-order valence-corrected chi connectivity index (χ2v) is 13.9. The Hall–Kier alpha value is -0.120. The molecule has 0 aliphatic heterocycles. The van der Waals surface area contributed by atoms with Gasteiger partial charge in [0, 0.05) is 6.04 Å². The fourth-order valence-corrected chi connectivity index (χ4v) is 9.96. The van der Waals surface area contributed by atoms with Gasteiger partial charge in [-0.2, -0.15) is 0 Å². The molecule has 192 valence electrons. The summed E-state index contributed by atoms with van der Waals surface area (Å²) in [5.74, 6) is 5.95. The van der Waals surface area contributed by atoms with E-state index >= 15 is 0 Å². The van der Waals surface area contributed by atoms with Crippen molar-refractivity contribution in [3.8, 4) is 0 Å². The van der Waals surface area contributed by atoms with Gasteiger partial charge in [-0.3, -0.25) is 0 Å². The first-order valence-corrected chi connectivity index (χ1v) is 14.8. The molecule has 0 spiro atoms. The third-order valence-electron chi connectivity index (χ3n) is 11.7. The zero-order chi connectivity index (χ0) is 23.8. The molecule has 4 N–H and O–H groups in total. The maximum atomic E-state index is 10.6. The van der Waals surface area contributed by atoms with Crippen LogP contribution in [-0.4, -0.2) is 30.3 Å². The number of hydrogen-bond donors (Lipinski definition) is 3. The average molecular weight is 461 g/mol. The molecule has 0 aromatic heterocycles. The fourth-order valence-electron chi connectivity index (χ4n) is 9.96. The summed E-state index contributed by atoms with van der Waals surface area (Å²) in [5.41, 5.74) is 6.79. The topological polar surface area (TPSA) is 58.3 Å². The molecule has 0 saturated heterocycles. The molecule has 10 atom stereocenters. The molecule has 4 fully saturated rings. The lowest BCUT2D eigenvalue weighted by atomic mass is 9.43. The van der Waals surface area contributed by atoms with E-state index < -0.39 is 0 Å². The van der Waals surface area contributed by atoms with Crippen LogP contribution < -0.4 is 11.1 Å². The number of hydrogen-bond acceptors (Lipinski definition) is 3. The van der Waals surface area contributed by atoms with Crippen LogP contribution in [0.5, 0.6) is 0 Å². The van der Waals surface area contributed by atoms with Gasteiger partial charge in [0.1, 0.15) is 0 Å². The molecule has 33 heavy (non-hydrogen) atoms. The number of aliphatic hydroxyl groups is 1. The van der Waals surface area contributed by atoms with E-state index in [0.717, 1.165) is 67.9 Å². The van der Waals surface area contributed by atoms with Gasteiger partial charge in [-0.1, -0.05) is 53.9 Å². The third kappa shape index (κ3) is 4.94. The predicted molar refractivity (Wildman–Crippen MR) is 140 cm³/mol. The van der Waals surface area contributed by atoms with Crippen LogP contribution in [0.1, 0.15) is 112 Å². The molecule has 0 amide bonds. The van der Waals surface area contributed by atoms with Gasteiger partial charge in [-0.15, -0.1) is 0 Å². The molecule has 3 heteroatoms. The second kappa shape index (κ2) is 10.5. The lowest BCUT2D eigenvalue weighted by molar-refractivity contribution is -0.141. The van der Waals surface area contributed by atoms with E-state index in [-0.39, 0.29) is 6.10 Å². The Kier molecular flexibility index (Phi) is 8.24. The lowest BCUT2D eigenvalue weighted by Gasteiger charge is -2.63. The zero-order valence-electron chi connectivity index (χ0n) is 22.6. The molecule has 0 bridgehead atoms. The largest absolute Gasteiger partial charge is 0.393 e. The Morgan fingerprint density at radius 1 is 0.879 bits per heavy atom. The van der Waals surface area contributed by atoms with Gasteiger partial charge in [-0.25, -0.2) is 0 Å². The first-order chi connectivity index (χ1) is 15.7. The Bertz CT molecular complexity index is 637. The van der Waals surface area contributed by atoms with Crippen molar-refractivity contribution < 1.29 is 5.11 Å². The lowest BCUT2D eigenvalue weighted by Crippen LogP contribution is -2.61. The van der Waals surface area contributed by atoms with Gasteiger partial charge in [0.05, 0.1) is 6.10 Å². The summed E-state index contributed by atoms with van der Waals surface area (Å²) in [6.45, 7) is 14.5. The summed E-state index contributed by atoms with van der Waals surface area (Å²) >= 11 is 0. The number of fused-ring (bicyclic) bond motifs is 5. The van der Waals surface area contributed by atoms with E-state index in [2.05, 4.69) is 39.9 Å². The summed E-state index contributed by atoms with van der Waals surface area (Å²) in [7, 11) is 0. The van der Waals surface area contributed by atoms with Gasteiger partial charge in [-0.05, 0) is 123 Å². The molecule has 0 aromatic rings. The van der Waals surface area contributed by atoms with Gasteiger partial charge in [0.15, 0.2) is 0 Å². The molecule has 4 saturated carbocycles. The van der Waals surface area contributed by atoms with Crippen molar-refractivity contribution in [3.63, 3.8) is 0 Å². The molecule has 4 rings (SSSR count). The van der Waals surface area contributed by atoms with Crippen LogP contribution in [-0.2, 0) is 0 Å². The summed E-state index contributed by atoms with van der Waals surface area (Å²) in [5, 5.41) is 14.6. The Labute approximate surface area is 205 Å². The van der Waals surface area contributed by atoms with Crippen LogP contribution in [0, 0.1) is 52.3 Å². The third-order valence-corrected chi connectivity index (χ3v) is 11.7. The Morgan fingerprint density at radius 3 is 2.33 bits per heavy atom. The van der Waals surface area contributed by atoms with Crippen LogP contribution >= 0.6 is 0 Å². The maximum Gasteiger partial charge on any atom is 0.0543 e. The monoisotopic (exact) mass is 460 g/mol. The van der Waals surface area contributed by atoms with Crippen LogP contribution in [0.2, 0.25) is 0 Å². The summed E-state index contributed by atoms with van der Waals surface area (Å²) in [6, 6.07) is 0.572. The molecule has 3 nitrogen and oxygen atoms in total. The first-order valence-electron chi connectivity index (χ1n) is 14.8. The number of rotatable bonds is 9.